The Morgan fingerprint density at radius 2 is 0.686 bits per heavy atom. The van der Waals surface area contributed by atoms with E-state index in [1.165, 1.54) is 48.5 Å². The SMILES string of the molecule is O=C(O)c1cc(C(=O)OC(=O)c2cc(C(=O)O)cc3c2c(C(=O)O)c(C(=O)O)c2ccccc23)c2c(C(=O)O)c(C(=O)O)c3ccccc3c2c1. The zero-order chi connectivity index (χ0) is 37.0. The number of carboxylic acids is 6. The smallest absolute Gasteiger partial charge is 0.346 e. The topological polar surface area (TPSA) is 267 Å². The van der Waals surface area contributed by atoms with E-state index >= 15 is 0 Å². The highest BCUT2D eigenvalue weighted by atomic mass is 16.6. The van der Waals surface area contributed by atoms with Gasteiger partial charge in [-0.1, -0.05) is 48.5 Å². The number of rotatable bonds is 8. The Labute approximate surface area is 281 Å². The molecule has 0 bridgehead atoms. The molecule has 15 heteroatoms. The lowest BCUT2D eigenvalue weighted by atomic mass is 9.87. The Hall–Kier alpha value is -7.68. The lowest BCUT2D eigenvalue weighted by molar-refractivity contribution is 0.0398. The van der Waals surface area contributed by atoms with Crippen molar-refractivity contribution in [3.05, 3.63) is 117 Å². The van der Waals surface area contributed by atoms with Crippen molar-refractivity contribution in [3.63, 3.8) is 0 Å². The molecule has 0 heterocycles. The number of esters is 2. The number of carbonyl (C=O) groups is 8. The molecule has 0 aliphatic carbocycles. The van der Waals surface area contributed by atoms with E-state index in [1.54, 1.807) is 0 Å². The van der Waals surface area contributed by atoms with Crippen molar-refractivity contribution >= 4 is 90.8 Å². The van der Waals surface area contributed by atoms with E-state index in [1.807, 2.05) is 0 Å². The van der Waals surface area contributed by atoms with Crippen LogP contribution >= 0.6 is 0 Å². The zero-order valence-electron chi connectivity index (χ0n) is 25.3. The summed E-state index contributed by atoms with van der Waals surface area (Å²) < 4.78 is 5.06. The van der Waals surface area contributed by atoms with E-state index in [-0.39, 0.29) is 32.3 Å². The first kappa shape index (κ1) is 33.2. The Balaban J connectivity index is 1.68. The van der Waals surface area contributed by atoms with Gasteiger partial charge in [-0.2, -0.15) is 0 Å². The van der Waals surface area contributed by atoms with Crippen LogP contribution in [-0.2, 0) is 4.74 Å². The summed E-state index contributed by atoms with van der Waals surface area (Å²) in [4.78, 5) is 102. The van der Waals surface area contributed by atoms with Crippen LogP contribution in [0.25, 0.3) is 43.1 Å². The molecule has 6 aromatic carbocycles. The molecule has 51 heavy (non-hydrogen) atoms. The summed E-state index contributed by atoms with van der Waals surface area (Å²) in [5.74, 6) is -13.8. The molecule has 0 atom stereocenters. The van der Waals surface area contributed by atoms with Gasteiger partial charge in [0, 0.05) is 10.8 Å². The summed E-state index contributed by atoms with van der Waals surface area (Å²) >= 11 is 0. The molecule has 15 nitrogen and oxygen atoms in total. The molecule has 0 radical (unpaired) electrons. The average molecular weight is 691 g/mol. The number of carboxylic acid groups (broad SMARTS) is 6. The van der Waals surface area contributed by atoms with Gasteiger partial charge in [0.1, 0.15) is 0 Å². The van der Waals surface area contributed by atoms with Crippen molar-refractivity contribution in [2.45, 2.75) is 0 Å². The number of hydrogen-bond donors (Lipinski definition) is 6. The Bertz CT molecular complexity index is 2490. The van der Waals surface area contributed by atoms with E-state index in [0.717, 1.165) is 12.1 Å². The van der Waals surface area contributed by atoms with Gasteiger partial charge in [-0.3, -0.25) is 0 Å². The third-order valence-electron chi connectivity index (χ3n) is 8.22. The molecular formula is C36H18O15. The molecule has 0 amide bonds. The fourth-order valence-electron chi connectivity index (χ4n) is 6.27. The maximum absolute atomic E-state index is 13.9. The van der Waals surface area contributed by atoms with Crippen LogP contribution in [0.4, 0.5) is 0 Å². The highest BCUT2D eigenvalue weighted by Crippen LogP contribution is 2.39. The maximum Gasteiger partial charge on any atom is 0.346 e. The van der Waals surface area contributed by atoms with Crippen molar-refractivity contribution in [1.29, 1.82) is 0 Å². The van der Waals surface area contributed by atoms with E-state index in [9.17, 15) is 69.0 Å². The normalized spacial score (nSPS) is 11.1. The third-order valence-corrected chi connectivity index (χ3v) is 8.22. The van der Waals surface area contributed by atoms with Crippen LogP contribution < -0.4 is 0 Å². The van der Waals surface area contributed by atoms with Crippen LogP contribution in [0.1, 0.15) is 82.9 Å². The van der Waals surface area contributed by atoms with Gasteiger partial charge in [0.15, 0.2) is 0 Å². The Kier molecular flexibility index (Phi) is 7.87. The highest BCUT2D eigenvalue weighted by Gasteiger charge is 2.32. The zero-order valence-corrected chi connectivity index (χ0v) is 25.3. The fourth-order valence-corrected chi connectivity index (χ4v) is 6.27. The minimum absolute atomic E-state index is 0.0257. The summed E-state index contributed by atoms with van der Waals surface area (Å²) in [6.45, 7) is 0. The van der Waals surface area contributed by atoms with Gasteiger partial charge < -0.3 is 35.4 Å². The number of ether oxygens (including phenoxy) is 1. The minimum atomic E-state index is -1.84. The molecule has 6 N–H and O–H groups in total. The highest BCUT2D eigenvalue weighted by molar-refractivity contribution is 6.30. The first-order valence-corrected chi connectivity index (χ1v) is 14.3. The van der Waals surface area contributed by atoms with Crippen molar-refractivity contribution in [2.24, 2.45) is 0 Å². The quantitative estimate of drug-likeness (QED) is 0.0655. The number of hydrogen-bond acceptors (Lipinski definition) is 9. The molecule has 252 valence electrons. The summed E-state index contributed by atoms with van der Waals surface area (Å²) in [5.41, 5.74) is -6.42. The van der Waals surface area contributed by atoms with Crippen LogP contribution in [0.5, 0.6) is 0 Å². The maximum atomic E-state index is 13.9. The third kappa shape index (κ3) is 5.26. The molecule has 0 aliphatic rings. The van der Waals surface area contributed by atoms with Crippen LogP contribution in [0.2, 0.25) is 0 Å². The van der Waals surface area contributed by atoms with Gasteiger partial charge >= 0.3 is 47.8 Å². The molecule has 6 aromatic rings. The second kappa shape index (κ2) is 12.1. The molecule has 0 spiro atoms. The van der Waals surface area contributed by atoms with E-state index in [2.05, 4.69) is 0 Å². The molecular weight excluding hydrogens is 672 g/mol. The molecule has 0 fully saturated rings. The molecule has 0 aliphatic heterocycles. The predicted molar refractivity (Wildman–Crippen MR) is 174 cm³/mol. The van der Waals surface area contributed by atoms with Gasteiger partial charge in [-0.05, 0) is 56.6 Å². The first-order valence-electron chi connectivity index (χ1n) is 14.3. The van der Waals surface area contributed by atoms with Gasteiger partial charge in [0.2, 0.25) is 0 Å². The van der Waals surface area contributed by atoms with Crippen molar-refractivity contribution in [2.75, 3.05) is 0 Å². The Morgan fingerprint density at radius 1 is 0.373 bits per heavy atom. The van der Waals surface area contributed by atoms with Crippen LogP contribution in [0.15, 0.2) is 72.8 Å². The number of aromatic carboxylic acids is 6. The van der Waals surface area contributed by atoms with Crippen molar-refractivity contribution in [1.82, 2.24) is 0 Å². The second-order valence-corrected chi connectivity index (χ2v) is 11.0. The lowest BCUT2D eigenvalue weighted by Gasteiger charge is -2.17. The summed E-state index contributed by atoms with van der Waals surface area (Å²) in [6, 6.07) is 14.2. The largest absolute Gasteiger partial charge is 0.478 e. The van der Waals surface area contributed by atoms with Gasteiger partial charge in [-0.25, -0.2) is 38.4 Å². The van der Waals surface area contributed by atoms with Crippen molar-refractivity contribution < 1.29 is 73.7 Å². The summed E-state index contributed by atoms with van der Waals surface area (Å²) in [5, 5.41) is 58.4. The second-order valence-electron chi connectivity index (χ2n) is 11.0. The van der Waals surface area contributed by atoms with E-state index < -0.39 is 103 Å². The predicted octanol–water partition coefficient (Wildman–Crippen LogP) is 5.49. The molecule has 0 unspecified atom stereocenters. The van der Waals surface area contributed by atoms with Crippen molar-refractivity contribution in [3.8, 4) is 0 Å². The lowest BCUT2D eigenvalue weighted by Crippen LogP contribution is -2.19. The molecule has 6 rings (SSSR count). The van der Waals surface area contributed by atoms with Crippen LogP contribution in [0, 0.1) is 0 Å². The number of benzene rings is 6. The number of fused-ring (bicyclic) bond motifs is 6. The molecule has 0 aromatic heterocycles. The van der Waals surface area contributed by atoms with Gasteiger partial charge in [-0.15, -0.1) is 0 Å². The standard InChI is InChI=1S/C36H18O15/c37-29(38)13-9-19-15-5-1-3-7-17(15)25(31(41)42)27(33(45)46)23(19)21(11-13)35(49)51-36(50)22-12-14(30(39)40)10-20-16-6-2-4-8-18(16)26(32(43)44)28(24(20)22)34(47)48/h1-12H,(H,37,38)(H,39,40)(H,41,42)(H,43,44)(H,45,46)(H,47,48). The van der Waals surface area contributed by atoms with Crippen LogP contribution in [-0.4, -0.2) is 78.4 Å². The monoisotopic (exact) mass is 690 g/mol. The minimum Gasteiger partial charge on any atom is -0.478 e. The molecule has 0 saturated carbocycles. The van der Waals surface area contributed by atoms with Gasteiger partial charge in [0.25, 0.3) is 0 Å². The first-order chi connectivity index (χ1) is 24.1. The summed E-state index contributed by atoms with van der Waals surface area (Å²) in [7, 11) is 0. The fraction of sp³-hybridized carbons (Fsp3) is 0. The van der Waals surface area contributed by atoms with E-state index in [4.69, 9.17) is 4.74 Å². The molecule has 0 saturated heterocycles. The Morgan fingerprint density at radius 3 is 0.980 bits per heavy atom. The number of carbonyl (C=O) groups excluding carboxylic acids is 2. The van der Waals surface area contributed by atoms with Gasteiger partial charge in [0.05, 0.1) is 44.5 Å². The van der Waals surface area contributed by atoms with E-state index in [0.29, 0.717) is 12.1 Å². The summed E-state index contributed by atoms with van der Waals surface area (Å²) in [6.07, 6.45) is 0. The van der Waals surface area contributed by atoms with Crippen LogP contribution in [0.3, 0.4) is 0 Å². The average Bonchev–Trinajstić information content (AvgIpc) is 3.08.